The SMILES string of the molecule is CCOC(=O)c1sc(NC(=O)/C=C/c2ccc(OCc3ccccc3C)c(OC)c2)c(C(=O)OCC)c1C. The van der Waals surface area contributed by atoms with E-state index in [0.717, 1.165) is 22.5 Å². The molecule has 0 aliphatic carbocycles. The van der Waals surface area contributed by atoms with E-state index in [-0.39, 0.29) is 28.7 Å². The summed E-state index contributed by atoms with van der Waals surface area (Å²) in [6.07, 6.45) is 2.94. The molecule has 0 fully saturated rings. The summed E-state index contributed by atoms with van der Waals surface area (Å²) in [7, 11) is 1.55. The first-order valence-corrected chi connectivity index (χ1v) is 12.9. The highest BCUT2D eigenvalue weighted by Crippen LogP contribution is 2.34. The summed E-state index contributed by atoms with van der Waals surface area (Å²) in [6, 6.07) is 13.3. The van der Waals surface area contributed by atoms with Crippen LogP contribution < -0.4 is 14.8 Å². The van der Waals surface area contributed by atoms with Gasteiger partial charge in [-0.25, -0.2) is 9.59 Å². The summed E-state index contributed by atoms with van der Waals surface area (Å²) in [5, 5.41) is 2.91. The molecule has 0 saturated carbocycles. The Morgan fingerprint density at radius 2 is 1.66 bits per heavy atom. The molecule has 1 N–H and O–H groups in total. The van der Waals surface area contributed by atoms with Gasteiger partial charge in [-0.1, -0.05) is 30.3 Å². The molecule has 38 heavy (non-hydrogen) atoms. The topological polar surface area (TPSA) is 100 Å². The lowest BCUT2D eigenvalue weighted by Gasteiger charge is -2.12. The third-order valence-electron chi connectivity index (χ3n) is 5.58. The van der Waals surface area contributed by atoms with Crippen LogP contribution in [0.3, 0.4) is 0 Å². The van der Waals surface area contributed by atoms with Gasteiger partial charge < -0.3 is 24.3 Å². The lowest BCUT2D eigenvalue weighted by atomic mass is 10.1. The zero-order valence-corrected chi connectivity index (χ0v) is 22.9. The maximum Gasteiger partial charge on any atom is 0.348 e. The van der Waals surface area contributed by atoms with Crippen LogP contribution in [0.1, 0.15) is 56.1 Å². The fourth-order valence-corrected chi connectivity index (χ4v) is 4.69. The van der Waals surface area contributed by atoms with E-state index in [1.165, 1.54) is 6.08 Å². The summed E-state index contributed by atoms with van der Waals surface area (Å²) >= 11 is 0.973. The number of anilines is 1. The smallest absolute Gasteiger partial charge is 0.348 e. The number of hydrogen-bond donors (Lipinski definition) is 1. The quantitative estimate of drug-likeness (QED) is 0.238. The van der Waals surface area contributed by atoms with E-state index in [1.54, 1.807) is 52.2 Å². The van der Waals surface area contributed by atoms with E-state index in [2.05, 4.69) is 5.32 Å². The van der Waals surface area contributed by atoms with Crippen LogP contribution in [0.4, 0.5) is 5.00 Å². The van der Waals surface area contributed by atoms with Crippen molar-refractivity contribution in [1.29, 1.82) is 0 Å². The molecule has 0 aliphatic rings. The maximum atomic E-state index is 12.7. The number of thiophene rings is 1. The highest BCUT2D eigenvalue weighted by atomic mass is 32.1. The average Bonchev–Trinajstić information content (AvgIpc) is 3.23. The van der Waals surface area contributed by atoms with E-state index in [1.807, 2.05) is 31.2 Å². The molecule has 0 atom stereocenters. The summed E-state index contributed by atoms with van der Waals surface area (Å²) in [5.41, 5.74) is 3.46. The van der Waals surface area contributed by atoms with Crippen molar-refractivity contribution in [3.8, 4) is 11.5 Å². The Morgan fingerprint density at radius 1 is 0.947 bits per heavy atom. The first kappa shape index (κ1) is 28.5. The van der Waals surface area contributed by atoms with Crippen molar-refractivity contribution < 1.29 is 33.3 Å². The van der Waals surface area contributed by atoms with E-state index < -0.39 is 17.8 Å². The average molecular weight is 538 g/mol. The van der Waals surface area contributed by atoms with E-state index >= 15 is 0 Å². The van der Waals surface area contributed by atoms with Gasteiger partial charge in [0.1, 0.15) is 16.5 Å². The van der Waals surface area contributed by atoms with Crippen molar-refractivity contribution in [2.75, 3.05) is 25.6 Å². The summed E-state index contributed by atoms with van der Waals surface area (Å²) in [6.45, 7) is 7.77. The van der Waals surface area contributed by atoms with Crippen LogP contribution in [-0.4, -0.2) is 38.2 Å². The monoisotopic (exact) mass is 537 g/mol. The molecule has 3 rings (SSSR count). The van der Waals surface area contributed by atoms with Crippen LogP contribution in [0.15, 0.2) is 48.5 Å². The van der Waals surface area contributed by atoms with Gasteiger partial charge in [0.25, 0.3) is 0 Å². The van der Waals surface area contributed by atoms with Gasteiger partial charge >= 0.3 is 11.9 Å². The highest BCUT2D eigenvalue weighted by molar-refractivity contribution is 7.18. The summed E-state index contributed by atoms with van der Waals surface area (Å²) in [5.74, 6) is -0.558. The number of carbonyl (C=O) groups is 3. The number of esters is 2. The molecule has 3 aromatic rings. The molecule has 0 aliphatic heterocycles. The molecule has 200 valence electrons. The van der Waals surface area contributed by atoms with Crippen LogP contribution in [0.25, 0.3) is 6.08 Å². The largest absolute Gasteiger partial charge is 0.493 e. The molecule has 9 heteroatoms. The Bertz CT molecular complexity index is 1340. The Kier molecular flexibility index (Phi) is 10.1. The number of amides is 1. The predicted octanol–water partition coefficient (Wildman–Crippen LogP) is 5.96. The molecule has 8 nitrogen and oxygen atoms in total. The van der Waals surface area contributed by atoms with Gasteiger partial charge in [-0.05, 0) is 68.2 Å². The van der Waals surface area contributed by atoms with Crippen molar-refractivity contribution in [3.05, 3.63) is 81.2 Å². The van der Waals surface area contributed by atoms with Crippen LogP contribution in [0, 0.1) is 13.8 Å². The zero-order valence-electron chi connectivity index (χ0n) is 22.1. The molecule has 1 amide bonds. The van der Waals surface area contributed by atoms with Gasteiger partial charge in [0.2, 0.25) is 5.91 Å². The summed E-state index contributed by atoms with van der Waals surface area (Å²) in [4.78, 5) is 37.8. The minimum absolute atomic E-state index is 0.137. The molecule has 0 saturated heterocycles. The second-order valence-electron chi connectivity index (χ2n) is 8.15. The first-order valence-electron chi connectivity index (χ1n) is 12.1. The Morgan fingerprint density at radius 3 is 2.34 bits per heavy atom. The van der Waals surface area contributed by atoms with Crippen molar-refractivity contribution in [2.24, 2.45) is 0 Å². The van der Waals surface area contributed by atoms with Gasteiger partial charge in [-0.2, -0.15) is 0 Å². The Labute approximate surface area is 226 Å². The van der Waals surface area contributed by atoms with Gasteiger partial charge in [0.05, 0.1) is 25.9 Å². The standard InChI is InChI=1S/C29H31NO7S/c1-6-35-28(32)25-19(4)26(29(33)36-7-2)38-27(25)30-24(31)15-13-20-12-14-22(23(16-20)34-5)37-17-21-11-9-8-10-18(21)3/h8-16H,6-7,17H2,1-5H3,(H,30,31)/b15-13+. The highest BCUT2D eigenvalue weighted by Gasteiger charge is 2.27. The number of methoxy groups -OCH3 is 1. The Hall–Kier alpha value is -4.11. The van der Waals surface area contributed by atoms with Gasteiger partial charge in [-0.3, -0.25) is 4.79 Å². The molecule has 0 unspecified atom stereocenters. The zero-order chi connectivity index (χ0) is 27.7. The number of nitrogens with one attached hydrogen (secondary N) is 1. The molecule has 2 aromatic carbocycles. The van der Waals surface area contributed by atoms with Gasteiger partial charge in [0, 0.05) is 6.08 Å². The van der Waals surface area contributed by atoms with Crippen LogP contribution in [-0.2, 0) is 20.9 Å². The Balaban J connectivity index is 1.75. The summed E-state index contributed by atoms with van der Waals surface area (Å²) < 4.78 is 21.6. The van der Waals surface area contributed by atoms with E-state index in [9.17, 15) is 14.4 Å². The number of carbonyl (C=O) groups excluding carboxylic acids is 3. The molecular weight excluding hydrogens is 506 g/mol. The molecular formula is C29H31NO7S. The molecule has 0 spiro atoms. The predicted molar refractivity (Wildman–Crippen MR) is 147 cm³/mol. The third-order valence-corrected chi connectivity index (χ3v) is 6.77. The fourth-order valence-electron chi connectivity index (χ4n) is 3.60. The van der Waals surface area contributed by atoms with Crippen molar-refractivity contribution in [1.82, 2.24) is 0 Å². The number of benzene rings is 2. The second kappa shape index (κ2) is 13.4. The van der Waals surface area contributed by atoms with Crippen molar-refractivity contribution in [3.63, 3.8) is 0 Å². The van der Waals surface area contributed by atoms with Crippen LogP contribution in [0.5, 0.6) is 11.5 Å². The minimum Gasteiger partial charge on any atom is -0.493 e. The van der Waals surface area contributed by atoms with Crippen LogP contribution in [0.2, 0.25) is 0 Å². The van der Waals surface area contributed by atoms with Crippen molar-refractivity contribution in [2.45, 2.75) is 34.3 Å². The molecule has 0 bridgehead atoms. The number of hydrogen-bond acceptors (Lipinski definition) is 8. The minimum atomic E-state index is -0.623. The van der Waals surface area contributed by atoms with E-state index in [0.29, 0.717) is 29.2 Å². The molecule has 1 heterocycles. The maximum absolute atomic E-state index is 12.7. The lowest BCUT2D eigenvalue weighted by molar-refractivity contribution is -0.111. The second-order valence-corrected chi connectivity index (χ2v) is 9.17. The van der Waals surface area contributed by atoms with E-state index in [4.69, 9.17) is 18.9 Å². The molecule has 1 aromatic heterocycles. The van der Waals surface area contributed by atoms with Crippen molar-refractivity contribution >= 4 is 40.3 Å². The van der Waals surface area contributed by atoms with Crippen LogP contribution >= 0.6 is 11.3 Å². The first-order chi connectivity index (χ1) is 18.3. The number of aryl methyl sites for hydroxylation is 1. The lowest BCUT2D eigenvalue weighted by Crippen LogP contribution is -2.13. The molecule has 0 radical (unpaired) electrons. The fraction of sp³-hybridized carbons (Fsp3) is 0.276. The van der Waals surface area contributed by atoms with Gasteiger partial charge in [0.15, 0.2) is 11.5 Å². The number of ether oxygens (including phenoxy) is 4. The number of rotatable bonds is 11. The third kappa shape index (κ3) is 7.01. The van der Waals surface area contributed by atoms with Gasteiger partial charge in [-0.15, -0.1) is 11.3 Å². The normalized spacial score (nSPS) is 10.8.